The second-order valence-electron chi connectivity index (χ2n) is 15.6. The molecule has 0 radical (unpaired) electrons. The zero-order chi connectivity index (χ0) is 42.4. The number of hydrogen-bond donors (Lipinski definition) is 5. The highest BCUT2D eigenvalue weighted by Gasteiger charge is 2.30. The van der Waals surface area contributed by atoms with Crippen LogP contribution >= 0.6 is 0 Å². The molecule has 4 heterocycles. The van der Waals surface area contributed by atoms with E-state index in [0.717, 1.165) is 37.3 Å². The molecule has 2 saturated heterocycles. The van der Waals surface area contributed by atoms with Crippen LogP contribution in [0.1, 0.15) is 53.7 Å². The third kappa shape index (κ3) is 8.13. The van der Waals surface area contributed by atoms with Gasteiger partial charge in [0.1, 0.15) is 17.2 Å². The van der Waals surface area contributed by atoms with Crippen LogP contribution in [0.15, 0.2) is 66.2 Å². The lowest BCUT2D eigenvalue weighted by Gasteiger charge is -2.36. The molecule has 2 aromatic heterocycles. The van der Waals surface area contributed by atoms with Crippen LogP contribution in [0.3, 0.4) is 0 Å². The molecule has 4 aliphatic rings. The van der Waals surface area contributed by atoms with Crippen molar-refractivity contribution >= 4 is 63.0 Å². The van der Waals surface area contributed by atoms with Crippen molar-refractivity contribution < 1.29 is 18.7 Å². The van der Waals surface area contributed by atoms with E-state index in [1.54, 1.807) is 28.5 Å². The number of aryl methyl sites for hydroxylation is 1. The van der Waals surface area contributed by atoms with Gasteiger partial charge in [-0.2, -0.15) is 9.98 Å². The summed E-state index contributed by atoms with van der Waals surface area (Å²) < 4.78 is 34.6. The van der Waals surface area contributed by atoms with Gasteiger partial charge < -0.3 is 56.8 Å². The number of carbonyl (C=O) groups is 1. The number of nitrogens with two attached hydrogens (primary N) is 4. The Balaban J connectivity index is 0.826. The predicted octanol–water partition coefficient (Wildman–Crippen LogP) is 1.47. The van der Waals surface area contributed by atoms with Gasteiger partial charge in [0.2, 0.25) is 17.3 Å². The maximum absolute atomic E-state index is 15.4. The summed E-state index contributed by atoms with van der Waals surface area (Å²) in [4.78, 5) is 61.7. The number of piperazine rings is 2. The molecule has 0 spiro atoms. The smallest absolute Gasteiger partial charge is 0.341 e. The van der Waals surface area contributed by atoms with Gasteiger partial charge >= 0.3 is 5.97 Å². The fourth-order valence-corrected chi connectivity index (χ4v) is 7.93. The largest absolute Gasteiger partial charge is 0.477 e. The first kappa shape index (κ1) is 40.1. The summed E-state index contributed by atoms with van der Waals surface area (Å²) >= 11 is 0. The van der Waals surface area contributed by atoms with E-state index in [-0.39, 0.29) is 59.3 Å². The van der Waals surface area contributed by atoms with Crippen molar-refractivity contribution in [3.63, 3.8) is 0 Å². The first-order chi connectivity index (χ1) is 28.8. The summed E-state index contributed by atoms with van der Waals surface area (Å²) in [5, 5.41) is 9.97. The molecule has 316 valence electrons. The normalized spacial score (nSPS) is 18.6. The van der Waals surface area contributed by atoms with Crippen molar-refractivity contribution in [1.82, 2.24) is 18.9 Å². The third-order valence-corrected chi connectivity index (χ3v) is 11.5. The highest BCUT2D eigenvalue weighted by molar-refractivity contribution is 5.95. The van der Waals surface area contributed by atoms with Crippen molar-refractivity contribution in [2.24, 2.45) is 42.9 Å². The number of pyridine rings is 2. The van der Waals surface area contributed by atoms with E-state index in [4.69, 9.17) is 22.9 Å². The van der Waals surface area contributed by atoms with Crippen molar-refractivity contribution in [3.05, 3.63) is 79.9 Å². The molecular weight excluding hydrogens is 779 g/mol. The van der Waals surface area contributed by atoms with E-state index in [0.29, 0.717) is 86.2 Å². The van der Waals surface area contributed by atoms with Gasteiger partial charge in [-0.1, -0.05) is 0 Å². The molecule has 60 heavy (non-hydrogen) atoms. The first-order valence-electron chi connectivity index (χ1n) is 20.0. The number of carboxylic acids is 1. The van der Waals surface area contributed by atoms with Gasteiger partial charge in [0.15, 0.2) is 17.3 Å². The SMILES string of the molecule is Cc1cn(C2CC2)c2cc(N3CCN(C(N)=NC(N)=NCCN=C(N)N=C(N)N4CCN(c5cc6c(cc5F)c(=O)c(C(=O)O)cn6C5CC5)CC4)CC3)c(F)cc2c1=O. The maximum atomic E-state index is 15.4. The van der Waals surface area contributed by atoms with Gasteiger partial charge in [-0.3, -0.25) is 9.59 Å². The van der Waals surface area contributed by atoms with Crippen LogP contribution in [0.5, 0.6) is 0 Å². The van der Waals surface area contributed by atoms with Gasteiger partial charge in [0, 0.05) is 93.2 Å². The quantitative estimate of drug-likeness (QED) is 0.0964. The Kier molecular flexibility index (Phi) is 10.8. The van der Waals surface area contributed by atoms with Crippen molar-refractivity contribution in [2.75, 3.05) is 75.2 Å². The van der Waals surface area contributed by atoms with Crippen molar-refractivity contribution in [3.8, 4) is 0 Å². The van der Waals surface area contributed by atoms with Gasteiger partial charge in [-0.15, -0.1) is 0 Å². The van der Waals surface area contributed by atoms with E-state index < -0.39 is 23.0 Å². The van der Waals surface area contributed by atoms with Crippen LogP contribution in [0, 0.1) is 18.6 Å². The molecule has 4 fully saturated rings. The molecule has 9 N–H and O–H groups in total. The molecule has 0 unspecified atom stereocenters. The fourth-order valence-electron chi connectivity index (χ4n) is 7.93. The van der Waals surface area contributed by atoms with Gasteiger partial charge in [-0.25, -0.2) is 23.6 Å². The minimum Gasteiger partial charge on any atom is -0.477 e. The van der Waals surface area contributed by atoms with Crippen LogP contribution in [-0.4, -0.2) is 119 Å². The topological polar surface area (TPSA) is 248 Å². The average Bonchev–Trinajstić information content (AvgIpc) is 4.17. The summed E-state index contributed by atoms with van der Waals surface area (Å²) in [5.41, 5.74) is 26.0. The Hall–Kier alpha value is -6.73. The van der Waals surface area contributed by atoms with Crippen molar-refractivity contribution in [2.45, 2.75) is 44.7 Å². The second-order valence-corrected chi connectivity index (χ2v) is 15.6. The number of guanidine groups is 4. The molecule has 18 nitrogen and oxygen atoms in total. The van der Waals surface area contributed by atoms with E-state index in [2.05, 4.69) is 24.5 Å². The molecular formula is C40H48F2N14O4. The Bertz CT molecular complexity index is 2610. The standard InChI is InChI=1S/C40H48F2N14O4/c1-22-20-55(23-2-3-23)30-18-32(28(41)16-25(30)34(22)57)51-8-12-53(13-9-51)39(45)49-37(43)47-6-7-48-38(44)50-40(46)54-14-10-52(11-15-54)33-19-31-26(17-29(33)42)35(58)27(36(59)60)21-56(31)24-4-5-24/h16-21,23-24H,2-15H2,1H3,(H,59,60)(H4,43,45,47,49)(H4,44,46,48,50). The number of hydrogen-bond acceptors (Lipinski definition) is 7. The average molecular weight is 827 g/mol. The van der Waals surface area contributed by atoms with Crippen LogP contribution in [0.25, 0.3) is 21.8 Å². The van der Waals surface area contributed by atoms with E-state index in [1.807, 2.05) is 20.9 Å². The zero-order valence-electron chi connectivity index (χ0n) is 33.2. The molecule has 2 aromatic carbocycles. The van der Waals surface area contributed by atoms with Crippen LogP contribution in [0.2, 0.25) is 0 Å². The lowest BCUT2D eigenvalue weighted by molar-refractivity contribution is 0.0694. The number of aliphatic imine (C=N–C) groups is 4. The molecule has 20 heteroatoms. The monoisotopic (exact) mass is 826 g/mol. The molecule has 2 aliphatic heterocycles. The summed E-state index contributed by atoms with van der Waals surface area (Å²) in [7, 11) is 0. The summed E-state index contributed by atoms with van der Waals surface area (Å²) in [5.74, 6) is -2.15. The summed E-state index contributed by atoms with van der Waals surface area (Å²) in [6.07, 6.45) is 7.01. The number of aromatic carboxylic acids is 1. The number of carboxylic acid groups (broad SMARTS) is 1. The van der Waals surface area contributed by atoms with Crippen LogP contribution in [-0.2, 0) is 0 Å². The molecule has 8 rings (SSSR count). The lowest BCUT2D eigenvalue weighted by atomic mass is 10.1. The highest BCUT2D eigenvalue weighted by atomic mass is 19.1. The summed E-state index contributed by atoms with van der Waals surface area (Å²) in [6.45, 7) is 5.59. The van der Waals surface area contributed by atoms with Gasteiger partial charge in [0.05, 0.1) is 35.5 Å². The number of anilines is 2. The molecule has 4 aromatic rings. The molecule has 2 saturated carbocycles. The van der Waals surface area contributed by atoms with E-state index in [9.17, 15) is 19.5 Å². The van der Waals surface area contributed by atoms with E-state index in [1.165, 1.54) is 12.3 Å². The summed E-state index contributed by atoms with van der Waals surface area (Å²) in [6, 6.07) is 6.29. The Morgan fingerprint density at radius 2 is 1.08 bits per heavy atom. The predicted molar refractivity (Wildman–Crippen MR) is 228 cm³/mol. The highest BCUT2D eigenvalue weighted by Crippen LogP contribution is 2.39. The molecule has 0 amide bonds. The van der Waals surface area contributed by atoms with Gasteiger partial charge in [-0.05, 0) is 56.9 Å². The second kappa shape index (κ2) is 16.1. The zero-order valence-corrected chi connectivity index (χ0v) is 33.2. The van der Waals surface area contributed by atoms with Crippen molar-refractivity contribution in [1.29, 1.82) is 0 Å². The molecule has 0 atom stereocenters. The van der Waals surface area contributed by atoms with Crippen LogP contribution in [0.4, 0.5) is 20.2 Å². The van der Waals surface area contributed by atoms with Gasteiger partial charge in [0.25, 0.3) is 0 Å². The Morgan fingerprint density at radius 1 is 0.667 bits per heavy atom. The minimum absolute atomic E-state index is 0.0396. The Labute approximate surface area is 342 Å². The number of aromatic nitrogens is 2. The van der Waals surface area contributed by atoms with E-state index >= 15 is 8.78 Å². The third-order valence-electron chi connectivity index (χ3n) is 11.5. The maximum Gasteiger partial charge on any atom is 0.341 e. The number of fused-ring (bicyclic) bond motifs is 2. The number of nitrogens with zero attached hydrogens (tertiary/aromatic N) is 10. The van der Waals surface area contributed by atoms with Crippen LogP contribution < -0.4 is 43.6 Å². The molecule has 2 aliphatic carbocycles. The Morgan fingerprint density at radius 3 is 1.50 bits per heavy atom. The number of rotatable bonds is 8. The first-order valence-corrected chi connectivity index (χ1v) is 20.0. The number of halogens is 2. The number of benzene rings is 2. The molecule has 0 bridgehead atoms. The fraction of sp³-hybridized carbons (Fsp3) is 0.425. The lowest BCUT2D eigenvalue weighted by Crippen LogP contribution is -2.51. The minimum atomic E-state index is -1.34.